The number of rotatable bonds is 8. The Morgan fingerprint density at radius 1 is 1.09 bits per heavy atom. The second-order valence-corrected chi connectivity index (χ2v) is 11.0. The van der Waals surface area contributed by atoms with E-state index in [1.165, 1.54) is 19.3 Å². The highest BCUT2D eigenvalue weighted by Gasteiger charge is 2.56. The number of hydrogen-bond acceptors (Lipinski definition) is 5. The second-order valence-electron chi connectivity index (χ2n) is 10.0. The molecule has 0 spiro atoms. The van der Waals surface area contributed by atoms with Crippen molar-refractivity contribution < 1.29 is 9.53 Å². The van der Waals surface area contributed by atoms with E-state index in [1.54, 1.807) is 18.4 Å². The number of methoxy groups -OCH3 is 1. The quantitative estimate of drug-likeness (QED) is 0.495. The number of amides is 1. The zero-order valence-electron chi connectivity index (χ0n) is 19.5. The summed E-state index contributed by atoms with van der Waals surface area (Å²) in [5.41, 5.74) is 0.806. The Kier molecular flexibility index (Phi) is 7.04. The van der Waals surface area contributed by atoms with E-state index in [2.05, 4.69) is 23.6 Å². The number of likely N-dealkylation sites (N-methyl/N-ethyl adjacent to an activating group) is 1. The van der Waals surface area contributed by atoms with Gasteiger partial charge in [0.25, 0.3) is 0 Å². The lowest BCUT2D eigenvalue weighted by atomic mass is 9.49. The van der Waals surface area contributed by atoms with Crippen molar-refractivity contribution in [1.29, 1.82) is 0 Å². The van der Waals surface area contributed by atoms with Gasteiger partial charge in [-0.3, -0.25) is 9.69 Å². The molecule has 7 heteroatoms. The largest absolute Gasteiger partial charge is 0.497 e. The van der Waals surface area contributed by atoms with Gasteiger partial charge in [-0.2, -0.15) is 0 Å². The van der Waals surface area contributed by atoms with Gasteiger partial charge in [-0.25, -0.2) is 4.98 Å². The SMILES string of the molecule is CCN(CC)CCN(C(=O)C12CC3CC(CC(C3)C1)C2)c1nc2ccc(OC)cc2s1.Cl. The maximum absolute atomic E-state index is 14.2. The van der Waals surface area contributed by atoms with Crippen LogP contribution in [-0.4, -0.2) is 49.1 Å². The Balaban J connectivity index is 0.00000245. The molecule has 1 aromatic heterocycles. The lowest BCUT2D eigenvalue weighted by Gasteiger charge is -2.56. The van der Waals surface area contributed by atoms with Crippen LogP contribution < -0.4 is 9.64 Å². The standard InChI is InChI=1S/C25H35N3O2S.ClH/c1-4-27(5-2)8-9-28(24-26-21-7-6-20(30-3)13-22(21)31-24)23(29)25-14-17-10-18(15-25)12-19(11-17)16-25;/h6-7,13,17-19H,4-5,8-12,14-16H2,1-3H3;1H. The van der Waals surface area contributed by atoms with E-state index in [9.17, 15) is 4.79 Å². The first kappa shape index (κ1) is 23.8. The van der Waals surface area contributed by atoms with E-state index in [1.807, 2.05) is 18.2 Å². The summed E-state index contributed by atoms with van der Waals surface area (Å²) >= 11 is 1.63. The van der Waals surface area contributed by atoms with Crippen molar-refractivity contribution in [2.24, 2.45) is 23.2 Å². The molecular formula is C25H36ClN3O2S. The van der Waals surface area contributed by atoms with E-state index in [-0.39, 0.29) is 17.8 Å². The lowest BCUT2D eigenvalue weighted by molar-refractivity contribution is -0.143. The lowest BCUT2D eigenvalue weighted by Crippen LogP contribution is -2.55. The molecule has 4 fully saturated rings. The fourth-order valence-corrected chi connectivity index (χ4v) is 7.88. The zero-order valence-corrected chi connectivity index (χ0v) is 21.1. The van der Waals surface area contributed by atoms with Crippen molar-refractivity contribution in [1.82, 2.24) is 9.88 Å². The molecule has 2 aromatic rings. The molecule has 0 radical (unpaired) electrons. The molecule has 0 atom stereocenters. The van der Waals surface area contributed by atoms with Gasteiger partial charge in [-0.15, -0.1) is 12.4 Å². The molecule has 0 N–H and O–H groups in total. The van der Waals surface area contributed by atoms with E-state index >= 15 is 0 Å². The van der Waals surface area contributed by atoms with Crippen LogP contribution in [0.5, 0.6) is 5.75 Å². The van der Waals surface area contributed by atoms with Crippen LogP contribution in [0.15, 0.2) is 18.2 Å². The van der Waals surface area contributed by atoms with Gasteiger partial charge in [-0.1, -0.05) is 25.2 Å². The van der Waals surface area contributed by atoms with E-state index in [4.69, 9.17) is 9.72 Å². The predicted molar refractivity (Wildman–Crippen MR) is 134 cm³/mol. The molecule has 0 unspecified atom stereocenters. The highest BCUT2D eigenvalue weighted by molar-refractivity contribution is 7.22. The first-order chi connectivity index (χ1) is 15.0. The summed E-state index contributed by atoms with van der Waals surface area (Å²) in [6.07, 6.45) is 7.35. The Labute approximate surface area is 201 Å². The highest BCUT2D eigenvalue weighted by Crippen LogP contribution is 2.60. The maximum atomic E-state index is 14.2. The van der Waals surface area contributed by atoms with Gasteiger partial charge < -0.3 is 9.64 Å². The van der Waals surface area contributed by atoms with Gasteiger partial charge in [0.2, 0.25) is 5.91 Å². The highest BCUT2D eigenvalue weighted by atomic mass is 35.5. The van der Waals surface area contributed by atoms with E-state index in [0.29, 0.717) is 5.91 Å². The van der Waals surface area contributed by atoms with Gasteiger partial charge >= 0.3 is 0 Å². The molecule has 4 aliphatic carbocycles. The zero-order chi connectivity index (χ0) is 21.6. The van der Waals surface area contributed by atoms with Crippen molar-refractivity contribution in [2.75, 3.05) is 38.2 Å². The third-order valence-corrected chi connectivity index (χ3v) is 9.13. The van der Waals surface area contributed by atoms with Crippen molar-refractivity contribution in [3.05, 3.63) is 18.2 Å². The third kappa shape index (κ3) is 4.26. The maximum Gasteiger partial charge on any atom is 0.235 e. The number of thiazole rings is 1. The van der Waals surface area contributed by atoms with Crippen molar-refractivity contribution in [2.45, 2.75) is 52.4 Å². The van der Waals surface area contributed by atoms with Crippen LogP contribution in [0.2, 0.25) is 0 Å². The summed E-state index contributed by atoms with van der Waals surface area (Å²) in [4.78, 5) is 23.6. The molecule has 176 valence electrons. The second kappa shape index (κ2) is 9.47. The summed E-state index contributed by atoms with van der Waals surface area (Å²) in [6, 6.07) is 5.99. The molecule has 1 aromatic carbocycles. The molecule has 32 heavy (non-hydrogen) atoms. The third-order valence-electron chi connectivity index (χ3n) is 8.09. The number of benzene rings is 1. The van der Waals surface area contributed by atoms with Crippen molar-refractivity contribution >= 4 is 45.0 Å². The number of hydrogen-bond donors (Lipinski definition) is 0. The number of carbonyl (C=O) groups excluding carboxylic acids is 1. The van der Waals surface area contributed by atoms with Gasteiger partial charge in [0, 0.05) is 13.1 Å². The fraction of sp³-hybridized carbons (Fsp3) is 0.680. The first-order valence-electron chi connectivity index (χ1n) is 12.0. The first-order valence-corrected chi connectivity index (χ1v) is 12.8. The number of carbonyl (C=O) groups is 1. The van der Waals surface area contributed by atoms with Gasteiger partial charge in [0.1, 0.15) is 5.75 Å². The summed E-state index contributed by atoms with van der Waals surface area (Å²) in [5.74, 6) is 3.48. The Morgan fingerprint density at radius 3 is 2.28 bits per heavy atom. The number of aromatic nitrogens is 1. The van der Waals surface area contributed by atoms with Gasteiger partial charge in [-0.05, 0) is 87.6 Å². The number of nitrogens with zero attached hydrogens (tertiary/aromatic N) is 3. The van der Waals surface area contributed by atoms with E-state index in [0.717, 1.165) is 84.3 Å². The molecule has 1 heterocycles. The average Bonchev–Trinajstić information content (AvgIpc) is 3.18. The number of fused-ring (bicyclic) bond motifs is 1. The smallest absolute Gasteiger partial charge is 0.235 e. The number of ether oxygens (including phenoxy) is 1. The average molecular weight is 478 g/mol. The number of halogens is 1. The summed E-state index contributed by atoms with van der Waals surface area (Å²) in [7, 11) is 1.69. The molecule has 5 nitrogen and oxygen atoms in total. The van der Waals surface area contributed by atoms with Gasteiger partial charge in [0.05, 0.1) is 22.7 Å². The molecule has 6 rings (SSSR count). The van der Waals surface area contributed by atoms with Crippen molar-refractivity contribution in [3.63, 3.8) is 0 Å². The molecule has 4 bridgehead atoms. The minimum Gasteiger partial charge on any atom is -0.497 e. The normalized spacial score (nSPS) is 28.2. The van der Waals surface area contributed by atoms with Crippen LogP contribution in [-0.2, 0) is 4.79 Å². The Bertz CT molecular complexity index is 923. The topological polar surface area (TPSA) is 45.7 Å². The molecule has 0 saturated heterocycles. The number of anilines is 1. The predicted octanol–water partition coefficient (Wildman–Crippen LogP) is 5.62. The molecular weight excluding hydrogens is 442 g/mol. The molecule has 4 aliphatic rings. The minimum absolute atomic E-state index is 0. The van der Waals surface area contributed by atoms with Crippen LogP contribution in [0.4, 0.5) is 5.13 Å². The van der Waals surface area contributed by atoms with Crippen molar-refractivity contribution in [3.8, 4) is 5.75 Å². The molecule has 1 amide bonds. The van der Waals surface area contributed by atoms with Crippen LogP contribution in [0.3, 0.4) is 0 Å². The van der Waals surface area contributed by atoms with Gasteiger partial charge in [0.15, 0.2) is 5.13 Å². The van der Waals surface area contributed by atoms with Crippen LogP contribution >= 0.6 is 23.7 Å². The summed E-state index contributed by atoms with van der Waals surface area (Å²) in [6.45, 7) is 8.01. The fourth-order valence-electron chi connectivity index (χ4n) is 6.86. The van der Waals surface area contributed by atoms with Crippen LogP contribution in [0.1, 0.15) is 52.4 Å². The Morgan fingerprint density at radius 2 is 1.72 bits per heavy atom. The Hall–Kier alpha value is -1.37. The van der Waals surface area contributed by atoms with Crippen LogP contribution in [0.25, 0.3) is 10.2 Å². The molecule has 4 saturated carbocycles. The van der Waals surface area contributed by atoms with Crippen LogP contribution in [0, 0.1) is 23.2 Å². The van der Waals surface area contributed by atoms with E-state index < -0.39 is 0 Å². The summed E-state index contributed by atoms with van der Waals surface area (Å²) < 4.78 is 6.49. The summed E-state index contributed by atoms with van der Waals surface area (Å²) in [5, 5.41) is 0.858. The minimum atomic E-state index is -0.145. The monoisotopic (exact) mass is 477 g/mol. The molecule has 0 aliphatic heterocycles.